The standard InChI is InChI=1S/C11H15N3O/c1-5-7(3)15-11-8(4)10(12)13-9(6-2)14-11/h1,7H,6H2,2-4H3,(H2,12,13,14). The number of nitrogen functional groups attached to an aromatic ring is 1. The summed E-state index contributed by atoms with van der Waals surface area (Å²) in [7, 11) is 0. The second-order valence-corrected chi connectivity index (χ2v) is 3.24. The fraction of sp³-hybridized carbons (Fsp3) is 0.455. The van der Waals surface area contributed by atoms with Gasteiger partial charge in [0, 0.05) is 6.42 Å². The molecule has 0 radical (unpaired) electrons. The number of hydrogen-bond acceptors (Lipinski definition) is 4. The van der Waals surface area contributed by atoms with Crippen LogP contribution in [0.3, 0.4) is 0 Å². The zero-order chi connectivity index (χ0) is 11.4. The topological polar surface area (TPSA) is 61.0 Å². The second-order valence-electron chi connectivity index (χ2n) is 3.24. The van der Waals surface area contributed by atoms with Gasteiger partial charge in [0.2, 0.25) is 5.88 Å². The molecule has 80 valence electrons. The van der Waals surface area contributed by atoms with Crippen LogP contribution in [0.15, 0.2) is 0 Å². The highest BCUT2D eigenvalue weighted by Gasteiger charge is 2.10. The molecular weight excluding hydrogens is 190 g/mol. The summed E-state index contributed by atoms with van der Waals surface area (Å²) in [6.45, 7) is 5.55. The van der Waals surface area contributed by atoms with E-state index in [2.05, 4.69) is 15.9 Å². The van der Waals surface area contributed by atoms with Crippen molar-refractivity contribution >= 4 is 5.82 Å². The average Bonchev–Trinajstić information content (AvgIpc) is 2.24. The van der Waals surface area contributed by atoms with E-state index in [1.54, 1.807) is 6.92 Å². The van der Waals surface area contributed by atoms with E-state index in [9.17, 15) is 0 Å². The predicted octanol–water partition coefficient (Wildman–Crippen LogP) is 1.33. The maximum absolute atomic E-state index is 5.73. The van der Waals surface area contributed by atoms with Gasteiger partial charge in [0.05, 0.1) is 5.56 Å². The second kappa shape index (κ2) is 4.65. The van der Waals surface area contributed by atoms with Gasteiger partial charge in [-0.1, -0.05) is 12.8 Å². The first kappa shape index (κ1) is 11.3. The Morgan fingerprint density at radius 2 is 2.20 bits per heavy atom. The first-order valence-corrected chi connectivity index (χ1v) is 4.84. The maximum atomic E-state index is 5.73. The lowest BCUT2D eigenvalue weighted by Crippen LogP contribution is -2.13. The summed E-state index contributed by atoms with van der Waals surface area (Å²) in [5.74, 6) is 4.06. The van der Waals surface area contributed by atoms with Gasteiger partial charge in [-0.15, -0.1) is 6.42 Å². The Bertz CT molecular complexity index is 396. The summed E-state index contributed by atoms with van der Waals surface area (Å²) in [5.41, 5.74) is 6.46. The van der Waals surface area contributed by atoms with Crippen molar-refractivity contribution in [1.29, 1.82) is 0 Å². The van der Waals surface area contributed by atoms with Crippen LogP contribution in [0.4, 0.5) is 5.82 Å². The molecular formula is C11H15N3O. The normalized spacial score (nSPS) is 11.9. The zero-order valence-electron chi connectivity index (χ0n) is 9.24. The number of nitrogens with two attached hydrogens (primary N) is 1. The van der Waals surface area contributed by atoms with Gasteiger partial charge in [0.1, 0.15) is 11.6 Å². The van der Waals surface area contributed by atoms with Gasteiger partial charge in [0.25, 0.3) is 0 Å². The van der Waals surface area contributed by atoms with Crippen LogP contribution in [0.1, 0.15) is 25.2 Å². The number of anilines is 1. The van der Waals surface area contributed by atoms with Gasteiger partial charge in [-0.2, -0.15) is 4.98 Å². The van der Waals surface area contributed by atoms with Crippen LogP contribution in [0.2, 0.25) is 0 Å². The summed E-state index contributed by atoms with van der Waals surface area (Å²) in [4.78, 5) is 8.35. The van der Waals surface area contributed by atoms with Crippen molar-refractivity contribution in [2.45, 2.75) is 33.3 Å². The van der Waals surface area contributed by atoms with E-state index < -0.39 is 0 Å². The Morgan fingerprint density at radius 3 is 2.73 bits per heavy atom. The number of aromatic nitrogens is 2. The van der Waals surface area contributed by atoms with Crippen LogP contribution in [0.5, 0.6) is 5.88 Å². The van der Waals surface area contributed by atoms with E-state index in [-0.39, 0.29) is 6.10 Å². The molecule has 1 atom stereocenters. The lowest BCUT2D eigenvalue weighted by atomic mass is 10.3. The summed E-state index contributed by atoms with van der Waals surface area (Å²) in [5, 5.41) is 0. The van der Waals surface area contributed by atoms with Crippen molar-refractivity contribution < 1.29 is 4.74 Å². The number of ether oxygens (including phenoxy) is 1. The van der Waals surface area contributed by atoms with Gasteiger partial charge in [-0.3, -0.25) is 0 Å². The summed E-state index contributed by atoms with van der Waals surface area (Å²) < 4.78 is 5.45. The third-order valence-electron chi connectivity index (χ3n) is 2.02. The highest BCUT2D eigenvalue weighted by molar-refractivity contribution is 5.44. The average molecular weight is 205 g/mol. The molecule has 4 nitrogen and oxygen atoms in total. The minimum Gasteiger partial charge on any atom is -0.461 e. The molecule has 15 heavy (non-hydrogen) atoms. The van der Waals surface area contributed by atoms with Crippen molar-refractivity contribution in [3.8, 4) is 18.2 Å². The number of aryl methyl sites for hydroxylation is 1. The molecule has 1 rings (SSSR count). The van der Waals surface area contributed by atoms with Crippen LogP contribution in [0.25, 0.3) is 0 Å². The molecule has 0 aliphatic heterocycles. The molecule has 1 heterocycles. The van der Waals surface area contributed by atoms with E-state index in [1.165, 1.54) is 0 Å². The van der Waals surface area contributed by atoms with Gasteiger partial charge in [0.15, 0.2) is 6.10 Å². The van der Waals surface area contributed by atoms with Gasteiger partial charge in [-0.25, -0.2) is 4.98 Å². The monoisotopic (exact) mass is 205 g/mol. The van der Waals surface area contributed by atoms with Gasteiger partial charge in [-0.05, 0) is 13.8 Å². The molecule has 0 aliphatic rings. The van der Waals surface area contributed by atoms with Crippen molar-refractivity contribution in [2.75, 3.05) is 5.73 Å². The zero-order valence-corrected chi connectivity index (χ0v) is 9.24. The molecule has 0 amide bonds. The quantitative estimate of drug-likeness (QED) is 0.756. The van der Waals surface area contributed by atoms with Crippen LogP contribution in [0, 0.1) is 19.3 Å². The van der Waals surface area contributed by atoms with Crippen molar-refractivity contribution in [3.05, 3.63) is 11.4 Å². The Balaban J connectivity index is 3.06. The fourth-order valence-corrected chi connectivity index (χ4v) is 1.03. The Kier molecular flexibility index (Phi) is 3.51. The SMILES string of the molecule is C#CC(C)Oc1nc(CC)nc(N)c1C. The maximum Gasteiger partial charge on any atom is 0.223 e. The highest BCUT2D eigenvalue weighted by Crippen LogP contribution is 2.20. The lowest BCUT2D eigenvalue weighted by molar-refractivity contribution is 0.264. The van der Waals surface area contributed by atoms with Crippen molar-refractivity contribution in [2.24, 2.45) is 0 Å². The summed E-state index contributed by atoms with van der Waals surface area (Å²) in [6.07, 6.45) is 5.63. The van der Waals surface area contributed by atoms with E-state index in [4.69, 9.17) is 16.9 Å². The van der Waals surface area contributed by atoms with Crippen molar-refractivity contribution in [1.82, 2.24) is 9.97 Å². The minimum absolute atomic E-state index is 0.317. The predicted molar refractivity (Wildman–Crippen MR) is 59.5 cm³/mol. The van der Waals surface area contributed by atoms with Crippen LogP contribution in [-0.2, 0) is 6.42 Å². The molecule has 0 fully saturated rings. The number of nitrogens with zero attached hydrogens (tertiary/aromatic N) is 2. The molecule has 0 spiro atoms. The summed E-state index contributed by atoms with van der Waals surface area (Å²) in [6, 6.07) is 0. The Labute approximate surface area is 89.9 Å². The third-order valence-corrected chi connectivity index (χ3v) is 2.02. The van der Waals surface area contributed by atoms with E-state index in [0.29, 0.717) is 23.9 Å². The largest absolute Gasteiger partial charge is 0.461 e. The van der Waals surface area contributed by atoms with Crippen LogP contribution in [-0.4, -0.2) is 16.1 Å². The smallest absolute Gasteiger partial charge is 0.223 e. The molecule has 1 unspecified atom stereocenters. The van der Waals surface area contributed by atoms with Gasteiger partial charge >= 0.3 is 0 Å². The molecule has 0 bridgehead atoms. The molecule has 1 aromatic heterocycles. The highest BCUT2D eigenvalue weighted by atomic mass is 16.5. The number of hydrogen-bond donors (Lipinski definition) is 1. The number of terminal acetylenes is 1. The molecule has 0 saturated carbocycles. The molecule has 0 saturated heterocycles. The van der Waals surface area contributed by atoms with E-state index in [1.807, 2.05) is 13.8 Å². The molecule has 0 aliphatic carbocycles. The van der Waals surface area contributed by atoms with E-state index in [0.717, 1.165) is 5.56 Å². The first-order valence-electron chi connectivity index (χ1n) is 4.84. The molecule has 1 aromatic rings. The Hall–Kier alpha value is -1.76. The third kappa shape index (κ3) is 2.59. The summed E-state index contributed by atoms with van der Waals surface area (Å²) >= 11 is 0. The molecule has 4 heteroatoms. The van der Waals surface area contributed by atoms with Crippen LogP contribution < -0.4 is 10.5 Å². The van der Waals surface area contributed by atoms with Crippen LogP contribution >= 0.6 is 0 Å². The Morgan fingerprint density at radius 1 is 1.53 bits per heavy atom. The first-order chi connectivity index (χ1) is 7.08. The molecule has 0 aromatic carbocycles. The van der Waals surface area contributed by atoms with Gasteiger partial charge < -0.3 is 10.5 Å². The minimum atomic E-state index is -0.317. The fourth-order valence-electron chi connectivity index (χ4n) is 1.03. The number of rotatable bonds is 3. The van der Waals surface area contributed by atoms with E-state index >= 15 is 0 Å². The lowest BCUT2D eigenvalue weighted by Gasteiger charge is -2.12. The van der Waals surface area contributed by atoms with Crippen molar-refractivity contribution in [3.63, 3.8) is 0 Å². The molecule has 2 N–H and O–H groups in total.